The van der Waals surface area contributed by atoms with Gasteiger partial charge in [-0.05, 0) is 60.4 Å². The van der Waals surface area contributed by atoms with Crippen LogP contribution in [0, 0.1) is 0 Å². The van der Waals surface area contributed by atoms with Gasteiger partial charge < -0.3 is 0 Å². The molecule has 1 unspecified atom stereocenters. The van der Waals surface area contributed by atoms with E-state index in [0.717, 1.165) is 6.16 Å². The van der Waals surface area contributed by atoms with E-state index in [1.807, 2.05) is 30.3 Å². The minimum absolute atomic E-state index is 0.205. The molecule has 0 aliphatic rings. The SMILES string of the molecule is O=S(=O)(O)c1cccc(P(CCPc2ccccc2)c2cccc(S(=O)(=O)O)c2)c1. The third-order valence-electron chi connectivity index (χ3n) is 4.29. The van der Waals surface area contributed by atoms with Crippen LogP contribution >= 0.6 is 16.5 Å². The first kappa shape index (κ1) is 23.0. The Hall–Kier alpha value is -1.66. The maximum atomic E-state index is 11.6. The van der Waals surface area contributed by atoms with Gasteiger partial charge in [0.05, 0.1) is 9.79 Å². The van der Waals surface area contributed by atoms with Crippen LogP contribution in [0.1, 0.15) is 0 Å². The summed E-state index contributed by atoms with van der Waals surface area (Å²) in [6, 6.07) is 22.1. The first-order chi connectivity index (χ1) is 14.1. The van der Waals surface area contributed by atoms with Crippen LogP contribution < -0.4 is 15.9 Å². The normalized spacial score (nSPS) is 12.6. The smallest absolute Gasteiger partial charge is 0.282 e. The topological polar surface area (TPSA) is 109 Å². The van der Waals surface area contributed by atoms with E-state index in [1.54, 1.807) is 24.3 Å². The van der Waals surface area contributed by atoms with Gasteiger partial charge in [-0.1, -0.05) is 63.2 Å². The lowest BCUT2D eigenvalue weighted by Gasteiger charge is -2.20. The summed E-state index contributed by atoms with van der Waals surface area (Å²) in [6.45, 7) is 0. The molecule has 2 N–H and O–H groups in total. The second kappa shape index (κ2) is 9.65. The van der Waals surface area contributed by atoms with Gasteiger partial charge in [0.1, 0.15) is 0 Å². The van der Waals surface area contributed by atoms with Gasteiger partial charge in [0.2, 0.25) is 0 Å². The Bertz CT molecular complexity index is 1150. The largest absolute Gasteiger partial charge is 0.294 e. The van der Waals surface area contributed by atoms with Crippen molar-refractivity contribution >= 4 is 52.7 Å². The predicted molar refractivity (Wildman–Crippen MR) is 123 cm³/mol. The molecule has 0 aromatic heterocycles. The second-order valence-corrected chi connectivity index (χ2v) is 13.0. The van der Waals surface area contributed by atoms with Gasteiger partial charge in [0.25, 0.3) is 20.2 Å². The predicted octanol–water partition coefficient (Wildman–Crippen LogP) is 2.62. The molecular formula is C20H20O6P2S2. The lowest BCUT2D eigenvalue weighted by molar-refractivity contribution is 0.481. The lowest BCUT2D eigenvalue weighted by atomic mass is 10.4. The Labute approximate surface area is 179 Å². The van der Waals surface area contributed by atoms with Crippen LogP contribution in [0.25, 0.3) is 0 Å². The Morgan fingerprint density at radius 2 is 1.20 bits per heavy atom. The van der Waals surface area contributed by atoms with Crippen LogP contribution in [-0.4, -0.2) is 38.3 Å². The molecule has 158 valence electrons. The summed E-state index contributed by atoms with van der Waals surface area (Å²) in [7, 11) is -9.30. The molecule has 0 heterocycles. The maximum Gasteiger partial charge on any atom is 0.294 e. The van der Waals surface area contributed by atoms with E-state index in [-0.39, 0.29) is 9.79 Å². The molecule has 6 nitrogen and oxygen atoms in total. The summed E-state index contributed by atoms with van der Waals surface area (Å²) in [6.07, 6.45) is 1.51. The zero-order valence-electron chi connectivity index (χ0n) is 15.7. The van der Waals surface area contributed by atoms with Crippen LogP contribution in [0.15, 0.2) is 88.7 Å². The quantitative estimate of drug-likeness (QED) is 0.378. The van der Waals surface area contributed by atoms with Crippen molar-refractivity contribution in [1.29, 1.82) is 0 Å². The van der Waals surface area contributed by atoms with Crippen molar-refractivity contribution < 1.29 is 25.9 Å². The molecular weight excluding hydrogens is 462 g/mol. The highest BCUT2D eigenvalue weighted by Gasteiger charge is 2.19. The molecule has 0 radical (unpaired) electrons. The van der Waals surface area contributed by atoms with Crippen molar-refractivity contribution in [3.63, 3.8) is 0 Å². The lowest BCUT2D eigenvalue weighted by Crippen LogP contribution is -2.17. The van der Waals surface area contributed by atoms with Gasteiger partial charge in [-0.2, -0.15) is 16.8 Å². The van der Waals surface area contributed by atoms with Crippen LogP contribution in [0.3, 0.4) is 0 Å². The van der Waals surface area contributed by atoms with Crippen molar-refractivity contribution in [2.75, 3.05) is 12.3 Å². The van der Waals surface area contributed by atoms with E-state index < -0.39 is 28.2 Å². The van der Waals surface area contributed by atoms with Crippen LogP contribution in [0.4, 0.5) is 0 Å². The highest BCUT2D eigenvalue weighted by molar-refractivity contribution is 7.86. The average Bonchev–Trinajstić information content (AvgIpc) is 2.71. The molecule has 0 fully saturated rings. The standard InChI is InChI=1S/C20H20O6P2S2/c21-29(22,23)19-10-4-8-17(14-19)28(13-12-27-16-6-2-1-3-7-16)18-9-5-11-20(15-18)30(24,25)26/h1-11,14-15,27H,12-13H2,(H,21,22,23)(H,24,25,26). The van der Waals surface area contributed by atoms with Crippen molar-refractivity contribution in [1.82, 2.24) is 0 Å². The summed E-state index contributed by atoms with van der Waals surface area (Å²) in [5.74, 6) is 0. The third kappa shape index (κ3) is 6.17. The van der Waals surface area contributed by atoms with Gasteiger partial charge in [-0.3, -0.25) is 9.11 Å². The molecule has 3 rings (SSSR count). The van der Waals surface area contributed by atoms with Crippen molar-refractivity contribution in [3.05, 3.63) is 78.9 Å². The van der Waals surface area contributed by atoms with Crippen molar-refractivity contribution in [3.8, 4) is 0 Å². The van der Waals surface area contributed by atoms with Crippen LogP contribution in [-0.2, 0) is 20.2 Å². The maximum absolute atomic E-state index is 11.6. The first-order valence-corrected chi connectivity index (χ1v) is 14.5. The highest BCUT2D eigenvalue weighted by Crippen LogP contribution is 2.36. The van der Waals surface area contributed by atoms with Crippen molar-refractivity contribution in [2.45, 2.75) is 9.79 Å². The fraction of sp³-hybridized carbons (Fsp3) is 0.100. The number of rotatable bonds is 8. The summed E-state index contributed by atoms with van der Waals surface area (Å²) in [5, 5.41) is 2.60. The fourth-order valence-electron chi connectivity index (χ4n) is 2.90. The summed E-state index contributed by atoms with van der Waals surface area (Å²) in [4.78, 5) is -0.409. The molecule has 0 saturated carbocycles. The Kier molecular flexibility index (Phi) is 7.40. The monoisotopic (exact) mass is 482 g/mol. The fourth-order valence-corrected chi connectivity index (χ4v) is 8.12. The minimum Gasteiger partial charge on any atom is -0.282 e. The highest BCUT2D eigenvalue weighted by atomic mass is 32.2. The number of hydrogen-bond donors (Lipinski definition) is 2. The van der Waals surface area contributed by atoms with E-state index >= 15 is 0 Å². The van der Waals surface area contributed by atoms with Crippen LogP contribution in [0.5, 0.6) is 0 Å². The molecule has 0 saturated heterocycles. The van der Waals surface area contributed by atoms with Gasteiger partial charge in [-0.25, -0.2) is 0 Å². The van der Waals surface area contributed by atoms with Crippen LogP contribution in [0.2, 0.25) is 0 Å². The molecule has 3 aromatic carbocycles. The Morgan fingerprint density at radius 1 is 0.700 bits per heavy atom. The van der Waals surface area contributed by atoms with E-state index in [9.17, 15) is 25.9 Å². The van der Waals surface area contributed by atoms with Gasteiger partial charge in [0.15, 0.2) is 0 Å². The summed E-state index contributed by atoms with van der Waals surface area (Å²) in [5.41, 5.74) is 0. The van der Waals surface area contributed by atoms with Gasteiger partial charge in [-0.15, -0.1) is 0 Å². The first-order valence-electron chi connectivity index (χ1n) is 8.86. The van der Waals surface area contributed by atoms with Gasteiger partial charge >= 0.3 is 0 Å². The molecule has 0 aliphatic carbocycles. The third-order valence-corrected chi connectivity index (χ3v) is 10.1. The molecule has 0 aliphatic heterocycles. The molecule has 0 spiro atoms. The van der Waals surface area contributed by atoms with E-state index in [2.05, 4.69) is 0 Å². The Balaban J connectivity index is 1.97. The zero-order chi connectivity index (χ0) is 21.8. The number of benzene rings is 3. The van der Waals surface area contributed by atoms with Gasteiger partial charge in [0, 0.05) is 0 Å². The molecule has 0 bridgehead atoms. The molecule has 0 amide bonds. The molecule has 10 heteroatoms. The summed E-state index contributed by atoms with van der Waals surface area (Å²) >= 11 is 0. The average molecular weight is 482 g/mol. The summed E-state index contributed by atoms with van der Waals surface area (Å²) < 4.78 is 65.1. The molecule has 3 aromatic rings. The van der Waals surface area contributed by atoms with E-state index in [4.69, 9.17) is 0 Å². The van der Waals surface area contributed by atoms with E-state index in [0.29, 0.717) is 25.4 Å². The van der Waals surface area contributed by atoms with Crippen molar-refractivity contribution in [2.24, 2.45) is 0 Å². The van der Waals surface area contributed by atoms with E-state index in [1.165, 1.54) is 29.6 Å². The minimum atomic E-state index is -4.36. The zero-order valence-corrected chi connectivity index (χ0v) is 19.2. The Morgan fingerprint density at radius 3 is 1.67 bits per heavy atom. The molecule has 1 atom stereocenters. The second-order valence-electron chi connectivity index (χ2n) is 6.39. The molecule has 30 heavy (non-hydrogen) atoms. The number of hydrogen-bond acceptors (Lipinski definition) is 4.